The number of hydrogen-bond acceptors (Lipinski definition) is 3. The zero-order chi connectivity index (χ0) is 7.82. The van der Waals surface area contributed by atoms with Crippen LogP contribution in [0.3, 0.4) is 0 Å². The average molecular weight is 169 g/mol. The van der Waals surface area contributed by atoms with Gasteiger partial charge in [0.05, 0.1) is 19.8 Å². The molecule has 0 aromatic rings. The molecule has 0 rings (SSSR count). The van der Waals surface area contributed by atoms with Gasteiger partial charge in [-0.05, 0) is 6.92 Å². The summed E-state index contributed by atoms with van der Waals surface area (Å²) in [5, 5.41) is 8.39. The molecule has 0 heterocycles. The van der Waals surface area contributed by atoms with E-state index in [-0.39, 0.29) is 6.61 Å². The summed E-state index contributed by atoms with van der Waals surface area (Å²) in [5.41, 5.74) is -0.597. The van der Waals surface area contributed by atoms with Gasteiger partial charge in [0.2, 0.25) is 0 Å². The van der Waals surface area contributed by atoms with E-state index >= 15 is 0 Å². The number of rotatable bonds is 6. The molecule has 0 spiro atoms. The van der Waals surface area contributed by atoms with Crippen LogP contribution in [-0.2, 0) is 9.47 Å². The summed E-state index contributed by atoms with van der Waals surface area (Å²) >= 11 is 5.42. The van der Waals surface area contributed by atoms with E-state index in [2.05, 4.69) is 0 Å². The molecule has 0 aliphatic carbocycles. The second kappa shape index (κ2) is 7.28. The van der Waals surface area contributed by atoms with Gasteiger partial charge >= 0.3 is 0 Å². The van der Waals surface area contributed by atoms with Crippen molar-refractivity contribution in [2.45, 2.75) is 12.5 Å². The molecule has 0 fully saturated rings. The Hall–Kier alpha value is 0.170. The van der Waals surface area contributed by atoms with Gasteiger partial charge in [0.25, 0.3) is 0 Å². The maximum Gasteiger partial charge on any atom is 0.154 e. The Morgan fingerprint density at radius 3 is 2.70 bits per heavy atom. The largest absolute Gasteiger partial charge is 0.392 e. The van der Waals surface area contributed by atoms with Crippen LogP contribution in [0.5, 0.6) is 0 Å². The Bertz CT molecular complexity index is 70.0. The van der Waals surface area contributed by atoms with E-state index in [1.165, 1.54) is 0 Å². The molecule has 1 atom stereocenters. The summed E-state index contributed by atoms with van der Waals surface area (Å²) in [4.78, 5) is 0. The highest BCUT2D eigenvalue weighted by molar-refractivity contribution is 6.19. The van der Waals surface area contributed by atoms with Crippen LogP contribution in [0.1, 0.15) is 6.92 Å². The number of halogens is 1. The molecule has 0 bridgehead atoms. The molecule has 0 aromatic heterocycles. The fraction of sp³-hybridized carbons (Fsp3) is 1.00. The Morgan fingerprint density at radius 1 is 1.50 bits per heavy atom. The van der Waals surface area contributed by atoms with Crippen LogP contribution in [0, 0.1) is 0 Å². The van der Waals surface area contributed by atoms with E-state index in [1.807, 2.05) is 6.92 Å². The SMILES string of the molecule is CCOCCOC(Cl)CO. The van der Waals surface area contributed by atoms with E-state index in [0.717, 1.165) is 0 Å². The van der Waals surface area contributed by atoms with Gasteiger partial charge < -0.3 is 14.6 Å². The molecular formula is C6H13ClO3. The van der Waals surface area contributed by atoms with Crippen molar-refractivity contribution in [3.8, 4) is 0 Å². The van der Waals surface area contributed by atoms with Crippen molar-refractivity contribution in [2.24, 2.45) is 0 Å². The maximum absolute atomic E-state index is 8.39. The Morgan fingerprint density at radius 2 is 2.20 bits per heavy atom. The van der Waals surface area contributed by atoms with Gasteiger partial charge in [0, 0.05) is 6.61 Å². The summed E-state index contributed by atoms with van der Waals surface area (Å²) < 4.78 is 9.85. The topological polar surface area (TPSA) is 38.7 Å². The predicted molar refractivity (Wildman–Crippen MR) is 39.2 cm³/mol. The fourth-order valence-electron chi connectivity index (χ4n) is 0.432. The highest BCUT2D eigenvalue weighted by Crippen LogP contribution is 1.95. The fourth-order valence-corrected chi connectivity index (χ4v) is 0.521. The van der Waals surface area contributed by atoms with Gasteiger partial charge in [0.15, 0.2) is 5.56 Å². The van der Waals surface area contributed by atoms with Gasteiger partial charge in [-0.25, -0.2) is 0 Å². The predicted octanol–water partition coefficient (Wildman–Crippen LogP) is 0.597. The third-order valence-corrected chi connectivity index (χ3v) is 1.14. The van der Waals surface area contributed by atoms with E-state index in [1.54, 1.807) is 0 Å². The normalized spacial score (nSPS) is 13.5. The van der Waals surface area contributed by atoms with Gasteiger partial charge in [-0.15, -0.1) is 0 Å². The van der Waals surface area contributed by atoms with Crippen LogP contribution in [-0.4, -0.2) is 37.1 Å². The van der Waals surface area contributed by atoms with Crippen molar-refractivity contribution in [3.05, 3.63) is 0 Å². The summed E-state index contributed by atoms with van der Waals surface area (Å²) in [6.07, 6.45) is 0. The van der Waals surface area contributed by atoms with Crippen molar-refractivity contribution >= 4 is 11.6 Å². The second-order valence-corrected chi connectivity index (χ2v) is 2.15. The van der Waals surface area contributed by atoms with E-state index in [9.17, 15) is 0 Å². The van der Waals surface area contributed by atoms with Crippen LogP contribution in [0.25, 0.3) is 0 Å². The minimum absolute atomic E-state index is 0.159. The van der Waals surface area contributed by atoms with E-state index < -0.39 is 5.56 Å². The van der Waals surface area contributed by atoms with Gasteiger partial charge in [-0.3, -0.25) is 0 Å². The molecule has 4 heteroatoms. The molecule has 0 saturated carbocycles. The standard InChI is InChI=1S/C6H13ClO3/c1-2-9-3-4-10-6(7)5-8/h6,8H,2-5H2,1H3. The monoisotopic (exact) mass is 168 g/mol. The lowest BCUT2D eigenvalue weighted by atomic mass is 10.7. The molecule has 10 heavy (non-hydrogen) atoms. The van der Waals surface area contributed by atoms with Crippen LogP contribution >= 0.6 is 11.6 Å². The third-order valence-electron chi connectivity index (χ3n) is 0.874. The first-order valence-corrected chi connectivity index (χ1v) is 3.69. The molecular weight excluding hydrogens is 156 g/mol. The molecule has 0 amide bonds. The number of aliphatic hydroxyl groups is 1. The lowest BCUT2D eigenvalue weighted by molar-refractivity contribution is 0.0189. The Balaban J connectivity index is 2.89. The van der Waals surface area contributed by atoms with Crippen LogP contribution in [0.2, 0.25) is 0 Å². The molecule has 0 aliphatic heterocycles. The van der Waals surface area contributed by atoms with Crippen LogP contribution in [0.4, 0.5) is 0 Å². The van der Waals surface area contributed by atoms with Crippen LogP contribution < -0.4 is 0 Å². The first-order valence-electron chi connectivity index (χ1n) is 3.25. The minimum Gasteiger partial charge on any atom is -0.392 e. The summed E-state index contributed by atoms with van der Waals surface area (Å²) in [6, 6.07) is 0. The van der Waals surface area contributed by atoms with E-state index in [4.69, 9.17) is 26.2 Å². The van der Waals surface area contributed by atoms with Crippen molar-refractivity contribution < 1.29 is 14.6 Å². The molecule has 0 aliphatic rings. The number of hydrogen-bond donors (Lipinski definition) is 1. The van der Waals surface area contributed by atoms with Crippen molar-refractivity contribution in [1.82, 2.24) is 0 Å². The number of aliphatic hydroxyl groups excluding tert-OH is 1. The number of ether oxygens (including phenoxy) is 2. The second-order valence-electron chi connectivity index (χ2n) is 1.66. The highest BCUT2D eigenvalue weighted by atomic mass is 35.5. The molecule has 62 valence electrons. The molecule has 3 nitrogen and oxygen atoms in total. The first kappa shape index (κ1) is 10.2. The third kappa shape index (κ3) is 6.29. The van der Waals surface area contributed by atoms with Gasteiger partial charge in [-0.2, -0.15) is 0 Å². The van der Waals surface area contributed by atoms with Crippen LogP contribution in [0.15, 0.2) is 0 Å². The smallest absolute Gasteiger partial charge is 0.154 e. The Kier molecular flexibility index (Phi) is 7.40. The average Bonchev–Trinajstić information content (AvgIpc) is 1.98. The minimum atomic E-state index is -0.597. The lowest BCUT2D eigenvalue weighted by Gasteiger charge is -2.06. The number of alkyl halides is 1. The summed E-state index contributed by atoms with van der Waals surface area (Å²) in [7, 11) is 0. The van der Waals surface area contributed by atoms with E-state index in [0.29, 0.717) is 19.8 Å². The van der Waals surface area contributed by atoms with Crippen molar-refractivity contribution in [3.63, 3.8) is 0 Å². The zero-order valence-corrected chi connectivity index (χ0v) is 6.80. The summed E-state index contributed by atoms with van der Waals surface area (Å²) in [6.45, 7) is 3.38. The summed E-state index contributed by atoms with van der Waals surface area (Å²) in [5.74, 6) is 0. The molecule has 0 radical (unpaired) electrons. The molecule has 0 aromatic carbocycles. The Labute approximate surface area is 65.9 Å². The zero-order valence-electron chi connectivity index (χ0n) is 6.05. The van der Waals surface area contributed by atoms with Crippen molar-refractivity contribution in [1.29, 1.82) is 0 Å². The molecule has 0 saturated heterocycles. The molecule has 1 N–H and O–H groups in total. The van der Waals surface area contributed by atoms with Gasteiger partial charge in [-0.1, -0.05) is 11.6 Å². The molecule has 1 unspecified atom stereocenters. The van der Waals surface area contributed by atoms with Gasteiger partial charge in [0.1, 0.15) is 0 Å². The first-order chi connectivity index (χ1) is 4.81. The van der Waals surface area contributed by atoms with Crippen molar-refractivity contribution in [2.75, 3.05) is 26.4 Å². The highest BCUT2D eigenvalue weighted by Gasteiger charge is 1.99. The lowest BCUT2D eigenvalue weighted by Crippen LogP contribution is -2.13. The maximum atomic E-state index is 8.39. The quantitative estimate of drug-likeness (QED) is 0.466.